The molecule has 2 heterocycles. The van der Waals surface area contributed by atoms with E-state index in [1.807, 2.05) is 31.2 Å². The number of thiophene rings is 1. The van der Waals surface area contributed by atoms with Gasteiger partial charge in [-0.3, -0.25) is 14.2 Å². The molecule has 34 heavy (non-hydrogen) atoms. The van der Waals surface area contributed by atoms with Gasteiger partial charge in [-0.1, -0.05) is 48.0 Å². The van der Waals surface area contributed by atoms with Crippen LogP contribution in [0.25, 0.3) is 15.9 Å². The van der Waals surface area contributed by atoms with Crippen LogP contribution in [0.15, 0.2) is 58.5 Å². The zero-order chi connectivity index (χ0) is 23.8. The Balaban J connectivity index is 1.52. The van der Waals surface area contributed by atoms with Gasteiger partial charge in [0.05, 0.1) is 16.8 Å². The summed E-state index contributed by atoms with van der Waals surface area (Å²) in [4.78, 5) is 33.4. The monoisotopic (exact) mass is 509 g/mol. The molecule has 8 heteroatoms. The molecular weight excluding hydrogens is 486 g/mol. The van der Waals surface area contributed by atoms with E-state index in [4.69, 9.17) is 16.6 Å². The second-order valence-corrected chi connectivity index (χ2v) is 11.2. The number of nitrogens with one attached hydrogen (secondary N) is 1. The molecule has 0 radical (unpaired) electrons. The standard InChI is InChI=1S/C26H24ClN3O2S2/c1-15-3-10-19(11-4-15)30-25(32)23-20-12-5-16(2)13-21(20)34-24(23)29-26(30)33-14-22(31)28-18-8-6-17(27)7-9-18/h3-4,6-11,16H,5,12-14H2,1-2H3,(H,28,31). The van der Waals surface area contributed by atoms with Crippen molar-refractivity contribution in [1.82, 2.24) is 9.55 Å². The lowest BCUT2D eigenvalue weighted by Gasteiger charge is -2.18. The summed E-state index contributed by atoms with van der Waals surface area (Å²) in [5, 5.41) is 4.75. The second-order valence-electron chi connectivity index (χ2n) is 8.75. The van der Waals surface area contributed by atoms with Crippen LogP contribution in [0.2, 0.25) is 5.02 Å². The number of aryl methyl sites for hydroxylation is 2. The van der Waals surface area contributed by atoms with E-state index in [0.29, 0.717) is 21.8 Å². The van der Waals surface area contributed by atoms with E-state index in [0.717, 1.165) is 46.3 Å². The lowest BCUT2D eigenvalue weighted by Crippen LogP contribution is -2.23. The average Bonchev–Trinajstić information content (AvgIpc) is 3.17. The third-order valence-corrected chi connectivity index (χ3v) is 8.39. The van der Waals surface area contributed by atoms with Gasteiger partial charge in [0.15, 0.2) is 5.16 Å². The van der Waals surface area contributed by atoms with Crippen molar-refractivity contribution >= 4 is 56.5 Å². The van der Waals surface area contributed by atoms with Gasteiger partial charge in [-0.25, -0.2) is 4.98 Å². The van der Waals surface area contributed by atoms with Crippen molar-refractivity contribution in [2.45, 2.75) is 38.3 Å². The number of halogens is 1. The number of carbonyl (C=O) groups excluding carboxylic acids is 1. The number of nitrogens with zero attached hydrogens (tertiary/aromatic N) is 2. The molecular formula is C26H24ClN3O2S2. The quantitative estimate of drug-likeness (QED) is 0.254. The third-order valence-electron chi connectivity index (χ3n) is 6.05. The molecule has 5 nitrogen and oxygen atoms in total. The maximum Gasteiger partial charge on any atom is 0.267 e. The van der Waals surface area contributed by atoms with Crippen LogP contribution in [0.5, 0.6) is 0 Å². The summed E-state index contributed by atoms with van der Waals surface area (Å²) in [6, 6.07) is 14.8. The normalized spacial score (nSPS) is 15.3. The van der Waals surface area contributed by atoms with Crippen LogP contribution in [-0.4, -0.2) is 21.2 Å². The Bertz CT molecular complexity index is 1430. The van der Waals surface area contributed by atoms with Gasteiger partial charge in [0.2, 0.25) is 5.91 Å². The van der Waals surface area contributed by atoms with E-state index >= 15 is 0 Å². The zero-order valence-corrected chi connectivity index (χ0v) is 21.3. The molecule has 1 atom stereocenters. The Morgan fingerprint density at radius 3 is 2.68 bits per heavy atom. The molecule has 0 bridgehead atoms. The summed E-state index contributed by atoms with van der Waals surface area (Å²) in [6.45, 7) is 4.27. The lowest BCUT2D eigenvalue weighted by atomic mass is 9.89. The van der Waals surface area contributed by atoms with E-state index in [1.165, 1.54) is 16.6 Å². The lowest BCUT2D eigenvalue weighted by molar-refractivity contribution is -0.113. The van der Waals surface area contributed by atoms with Gasteiger partial charge in [0.1, 0.15) is 4.83 Å². The Morgan fingerprint density at radius 2 is 1.94 bits per heavy atom. The summed E-state index contributed by atoms with van der Waals surface area (Å²) in [5.74, 6) is 0.580. The van der Waals surface area contributed by atoms with Crippen LogP contribution >= 0.6 is 34.7 Å². The van der Waals surface area contributed by atoms with Crippen LogP contribution in [0.4, 0.5) is 5.69 Å². The molecule has 174 valence electrons. The molecule has 2 aromatic carbocycles. The number of carbonyl (C=O) groups is 1. The number of thioether (sulfide) groups is 1. The average molecular weight is 510 g/mol. The van der Waals surface area contributed by atoms with Gasteiger partial charge in [0, 0.05) is 15.6 Å². The van der Waals surface area contributed by atoms with Gasteiger partial charge >= 0.3 is 0 Å². The van der Waals surface area contributed by atoms with E-state index in [1.54, 1.807) is 40.2 Å². The van der Waals surface area contributed by atoms with Gasteiger partial charge < -0.3 is 5.32 Å². The van der Waals surface area contributed by atoms with Crippen molar-refractivity contribution < 1.29 is 4.79 Å². The van der Waals surface area contributed by atoms with Crippen molar-refractivity contribution in [2.24, 2.45) is 5.92 Å². The van der Waals surface area contributed by atoms with Crippen molar-refractivity contribution in [3.63, 3.8) is 0 Å². The predicted octanol–water partition coefficient (Wildman–Crippen LogP) is 6.26. The molecule has 1 N–H and O–H groups in total. The first-order chi connectivity index (χ1) is 16.4. The molecule has 0 saturated heterocycles. The van der Waals surface area contributed by atoms with Crippen LogP contribution in [0.3, 0.4) is 0 Å². The number of amides is 1. The highest BCUT2D eigenvalue weighted by Crippen LogP contribution is 2.37. The Kier molecular flexibility index (Phi) is 6.51. The van der Waals surface area contributed by atoms with Gasteiger partial charge in [-0.15, -0.1) is 11.3 Å². The van der Waals surface area contributed by atoms with Gasteiger partial charge in [0.25, 0.3) is 5.56 Å². The number of rotatable bonds is 5. The van der Waals surface area contributed by atoms with Crippen LogP contribution < -0.4 is 10.9 Å². The smallest absolute Gasteiger partial charge is 0.267 e. The van der Waals surface area contributed by atoms with Crippen LogP contribution in [0, 0.1) is 12.8 Å². The molecule has 0 aliphatic heterocycles. The SMILES string of the molecule is Cc1ccc(-n2c(SCC(=O)Nc3ccc(Cl)cc3)nc3sc4c(c3c2=O)CCC(C)C4)cc1. The number of aromatic nitrogens is 2. The summed E-state index contributed by atoms with van der Waals surface area (Å²) in [5.41, 5.74) is 3.66. The van der Waals surface area contributed by atoms with Crippen molar-refractivity contribution in [2.75, 3.05) is 11.1 Å². The molecule has 2 aromatic heterocycles. The highest BCUT2D eigenvalue weighted by molar-refractivity contribution is 7.99. The fraction of sp³-hybridized carbons (Fsp3) is 0.269. The molecule has 5 rings (SSSR count). The third kappa shape index (κ3) is 4.65. The fourth-order valence-electron chi connectivity index (χ4n) is 4.25. The maximum absolute atomic E-state index is 13.8. The first-order valence-corrected chi connectivity index (χ1v) is 13.4. The minimum Gasteiger partial charge on any atom is -0.325 e. The Morgan fingerprint density at radius 1 is 1.21 bits per heavy atom. The molecule has 1 aliphatic rings. The van der Waals surface area contributed by atoms with Gasteiger partial charge in [-0.2, -0.15) is 0 Å². The van der Waals surface area contributed by atoms with E-state index < -0.39 is 0 Å². The minimum atomic E-state index is -0.170. The molecule has 0 spiro atoms. The first-order valence-electron chi connectivity index (χ1n) is 11.2. The second kappa shape index (κ2) is 9.56. The molecule has 1 amide bonds. The predicted molar refractivity (Wildman–Crippen MR) is 142 cm³/mol. The summed E-state index contributed by atoms with van der Waals surface area (Å²) >= 11 is 8.82. The Labute approximate surface area is 211 Å². The molecule has 0 fully saturated rings. The number of hydrogen-bond donors (Lipinski definition) is 1. The summed E-state index contributed by atoms with van der Waals surface area (Å²) in [7, 11) is 0. The largest absolute Gasteiger partial charge is 0.325 e. The van der Waals surface area contributed by atoms with Gasteiger partial charge in [-0.05, 0) is 74.1 Å². The number of fused-ring (bicyclic) bond motifs is 3. The van der Waals surface area contributed by atoms with E-state index in [9.17, 15) is 9.59 Å². The highest BCUT2D eigenvalue weighted by Gasteiger charge is 2.25. The summed E-state index contributed by atoms with van der Waals surface area (Å²) in [6.07, 6.45) is 2.99. The topological polar surface area (TPSA) is 64.0 Å². The van der Waals surface area contributed by atoms with Crippen molar-refractivity contribution in [3.8, 4) is 5.69 Å². The van der Waals surface area contributed by atoms with Crippen molar-refractivity contribution in [1.29, 1.82) is 0 Å². The van der Waals surface area contributed by atoms with Crippen LogP contribution in [-0.2, 0) is 17.6 Å². The Hall–Kier alpha value is -2.61. The fourth-order valence-corrected chi connectivity index (χ4v) is 6.61. The van der Waals surface area contributed by atoms with Crippen LogP contribution in [0.1, 0.15) is 29.3 Å². The van der Waals surface area contributed by atoms with E-state index in [2.05, 4.69) is 12.2 Å². The minimum absolute atomic E-state index is 0.0542. The highest BCUT2D eigenvalue weighted by atomic mass is 35.5. The number of benzene rings is 2. The zero-order valence-electron chi connectivity index (χ0n) is 18.9. The summed E-state index contributed by atoms with van der Waals surface area (Å²) < 4.78 is 1.66. The number of hydrogen-bond acceptors (Lipinski definition) is 5. The van der Waals surface area contributed by atoms with E-state index in [-0.39, 0.29) is 17.2 Å². The molecule has 1 unspecified atom stereocenters. The molecule has 0 saturated carbocycles. The number of anilines is 1. The van der Waals surface area contributed by atoms with Crippen molar-refractivity contribution in [3.05, 3.63) is 79.9 Å². The molecule has 4 aromatic rings. The maximum atomic E-state index is 13.8. The molecule has 1 aliphatic carbocycles. The first kappa shape index (κ1) is 23.1.